The molecule has 0 spiro atoms. The van der Waals surface area contributed by atoms with Gasteiger partial charge in [-0.3, -0.25) is 0 Å². The SMILES string of the molecule is CCC1CCNC1c1ccccc1. The molecule has 2 unspecified atom stereocenters. The van der Waals surface area contributed by atoms with Crippen molar-refractivity contribution in [2.45, 2.75) is 25.8 Å². The smallest absolute Gasteiger partial charge is 0.0349 e. The molecule has 1 aromatic carbocycles. The third-order valence-corrected chi connectivity index (χ3v) is 3.03. The van der Waals surface area contributed by atoms with Gasteiger partial charge in [0.1, 0.15) is 0 Å². The lowest BCUT2D eigenvalue weighted by molar-refractivity contribution is 0.449. The first kappa shape index (κ1) is 8.76. The van der Waals surface area contributed by atoms with Crippen LogP contribution in [0, 0.1) is 5.92 Å². The second-order valence-corrected chi connectivity index (χ2v) is 3.80. The van der Waals surface area contributed by atoms with Crippen molar-refractivity contribution in [3.8, 4) is 0 Å². The van der Waals surface area contributed by atoms with Crippen LogP contribution in [0.2, 0.25) is 0 Å². The van der Waals surface area contributed by atoms with Crippen LogP contribution in [0.25, 0.3) is 0 Å². The molecule has 0 bridgehead atoms. The summed E-state index contributed by atoms with van der Waals surface area (Å²) >= 11 is 0. The molecule has 1 N–H and O–H groups in total. The van der Waals surface area contributed by atoms with Crippen LogP contribution in [-0.2, 0) is 0 Å². The molecule has 0 amide bonds. The highest BCUT2D eigenvalue weighted by molar-refractivity contribution is 5.20. The number of hydrogen-bond donors (Lipinski definition) is 1. The monoisotopic (exact) mass is 175 g/mol. The second kappa shape index (κ2) is 3.93. The fourth-order valence-corrected chi connectivity index (χ4v) is 2.25. The molecule has 1 aliphatic heterocycles. The summed E-state index contributed by atoms with van der Waals surface area (Å²) in [6, 6.07) is 11.4. The Balaban J connectivity index is 2.16. The van der Waals surface area contributed by atoms with E-state index in [1.807, 2.05) is 0 Å². The summed E-state index contributed by atoms with van der Waals surface area (Å²) in [5, 5.41) is 3.57. The zero-order valence-electron chi connectivity index (χ0n) is 8.16. The third-order valence-electron chi connectivity index (χ3n) is 3.03. The Bertz CT molecular complexity index is 255. The summed E-state index contributed by atoms with van der Waals surface area (Å²) in [6.45, 7) is 3.46. The van der Waals surface area contributed by atoms with E-state index >= 15 is 0 Å². The van der Waals surface area contributed by atoms with Crippen molar-refractivity contribution in [2.75, 3.05) is 6.54 Å². The minimum Gasteiger partial charge on any atom is -0.310 e. The van der Waals surface area contributed by atoms with Gasteiger partial charge in [0.15, 0.2) is 0 Å². The summed E-state index contributed by atoms with van der Waals surface area (Å²) in [4.78, 5) is 0. The van der Waals surface area contributed by atoms with Crippen LogP contribution >= 0.6 is 0 Å². The topological polar surface area (TPSA) is 12.0 Å². The maximum Gasteiger partial charge on any atom is 0.0349 e. The molecule has 1 aliphatic rings. The number of hydrogen-bond acceptors (Lipinski definition) is 1. The van der Waals surface area contributed by atoms with Crippen molar-refractivity contribution < 1.29 is 0 Å². The summed E-state index contributed by atoms with van der Waals surface area (Å²) < 4.78 is 0. The van der Waals surface area contributed by atoms with Crippen molar-refractivity contribution >= 4 is 0 Å². The Kier molecular flexibility index (Phi) is 2.65. The molecule has 2 rings (SSSR count). The molecule has 1 fully saturated rings. The summed E-state index contributed by atoms with van der Waals surface area (Å²) in [7, 11) is 0. The fourth-order valence-electron chi connectivity index (χ4n) is 2.25. The van der Waals surface area contributed by atoms with Crippen molar-refractivity contribution in [2.24, 2.45) is 5.92 Å². The van der Waals surface area contributed by atoms with E-state index in [0.29, 0.717) is 6.04 Å². The maximum atomic E-state index is 3.57. The molecule has 0 saturated carbocycles. The van der Waals surface area contributed by atoms with E-state index in [1.165, 1.54) is 24.9 Å². The van der Waals surface area contributed by atoms with Crippen LogP contribution in [0.1, 0.15) is 31.4 Å². The van der Waals surface area contributed by atoms with E-state index < -0.39 is 0 Å². The van der Waals surface area contributed by atoms with Gasteiger partial charge in [0, 0.05) is 6.04 Å². The van der Waals surface area contributed by atoms with Crippen LogP contribution < -0.4 is 5.32 Å². The molecule has 1 saturated heterocycles. The summed E-state index contributed by atoms with van der Waals surface area (Å²) in [5.74, 6) is 0.836. The van der Waals surface area contributed by atoms with Gasteiger partial charge in [-0.15, -0.1) is 0 Å². The van der Waals surface area contributed by atoms with E-state index in [9.17, 15) is 0 Å². The number of rotatable bonds is 2. The zero-order valence-corrected chi connectivity index (χ0v) is 8.16. The van der Waals surface area contributed by atoms with Crippen LogP contribution in [0.5, 0.6) is 0 Å². The first-order valence-electron chi connectivity index (χ1n) is 5.20. The van der Waals surface area contributed by atoms with Gasteiger partial charge in [-0.05, 0) is 24.4 Å². The molecular weight excluding hydrogens is 158 g/mol. The Hall–Kier alpha value is -0.820. The normalized spacial score (nSPS) is 27.8. The van der Waals surface area contributed by atoms with E-state index in [2.05, 4.69) is 42.6 Å². The Morgan fingerprint density at radius 2 is 2.08 bits per heavy atom. The molecule has 1 heterocycles. The zero-order chi connectivity index (χ0) is 9.10. The molecular formula is C12H17N. The molecule has 0 aliphatic carbocycles. The fraction of sp³-hybridized carbons (Fsp3) is 0.500. The van der Waals surface area contributed by atoms with Crippen LogP contribution in [-0.4, -0.2) is 6.54 Å². The van der Waals surface area contributed by atoms with Gasteiger partial charge < -0.3 is 5.32 Å². The van der Waals surface area contributed by atoms with Gasteiger partial charge in [-0.25, -0.2) is 0 Å². The van der Waals surface area contributed by atoms with Gasteiger partial charge >= 0.3 is 0 Å². The minimum atomic E-state index is 0.603. The molecule has 0 radical (unpaired) electrons. The first-order valence-corrected chi connectivity index (χ1v) is 5.20. The Labute approximate surface area is 80.2 Å². The van der Waals surface area contributed by atoms with Crippen molar-refractivity contribution in [1.82, 2.24) is 5.32 Å². The van der Waals surface area contributed by atoms with E-state index in [4.69, 9.17) is 0 Å². The molecule has 0 aromatic heterocycles. The second-order valence-electron chi connectivity index (χ2n) is 3.80. The lowest BCUT2D eigenvalue weighted by Gasteiger charge is -2.18. The molecule has 1 aromatic rings. The average molecular weight is 175 g/mol. The highest BCUT2D eigenvalue weighted by Gasteiger charge is 2.25. The lowest BCUT2D eigenvalue weighted by atomic mass is 9.92. The van der Waals surface area contributed by atoms with E-state index in [0.717, 1.165) is 5.92 Å². The van der Waals surface area contributed by atoms with Crippen LogP contribution in [0.3, 0.4) is 0 Å². The predicted molar refractivity (Wildman–Crippen MR) is 55.6 cm³/mol. The minimum absolute atomic E-state index is 0.603. The standard InChI is InChI=1S/C12H17N/c1-2-10-8-9-13-12(10)11-6-4-3-5-7-11/h3-7,10,12-13H,2,8-9H2,1H3. The molecule has 2 atom stereocenters. The van der Waals surface area contributed by atoms with Crippen LogP contribution in [0.4, 0.5) is 0 Å². The molecule has 1 nitrogen and oxygen atoms in total. The highest BCUT2D eigenvalue weighted by atomic mass is 14.9. The average Bonchev–Trinajstić information content (AvgIpc) is 2.67. The van der Waals surface area contributed by atoms with Gasteiger partial charge in [0.2, 0.25) is 0 Å². The van der Waals surface area contributed by atoms with E-state index in [-0.39, 0.29) is 0 Å². The largest absolute Gasteiger partial charge is 0.310 e. The quantitative estimate of drug-likeness (QED) is 0.728. The van der Waals surface area contributed by atoms with Crippen molar-refractivity contribution in [1.29, 1.82) is 0 Å². The molecule has 13 heavy (non-hydrogen) atoms. The summed E-state index contributed by atoms with van der Waals surface area (Å²) in [5.41, 5.74) is 1.45. The number of nitrogens with one attached hydrogen (secondary N) is 1. The van der Waals surface area contributed by atoms with Crippen molar-refractivity contribution in [3.05, 3.63) is 35.9 Å². The van der Waals surface area contributed by atoms with Crippen molar-refractivity contribution in [3.63, 3.8) is 0 Å². The third kappa shape index (κ3) is 1.75. The van der Waals surface area contributed by atoms with Gasteiger partial charge in [0.05, 0.1) is 0 Å². The van der Waals surface area contributed by atoms with Gasteiger partial charge in [0.25, 0.3) is 0 Å². The Morgan fingerprint density at radius 1 is 1.31 bits per heavy atom. The first-order chi connectivity index (χ1) is 6.42. The van der Waals surface area contributed by atoms with E-state index in [1.54, 1.807) is 0 Å². The molecule has 70 valence electrons. The van der Waals surface area contributed by atoms with Gasteiger partial charge in [-0.2, -0.15) is 0 Å². The summed E-state index contributed by atoms with van der Waals surface area (Å²) in [6.07, 6.45) is 2.61. The maximum absolute atomic E-state index is 3.57. The number of benzene rings is 1. The molecule has 1 heteroatoms. The highest BCUT2D eigenvalue weighted by Crippen LogP contribution is 2.31. The predicted octanol–water partition coefficient (Wildman–Crippen LogP) is 2.75. The van der Waals surface area contributed by atoms with Crippen LogP contribution in [0.15, 0.2) is 30.3 Å². The van der Waals surface area contributed by atoms with Gasteiger partial charge in [-0.1, -0.05) is 43.7 Å². The Morgan fingerprint density at radius 3 is 2.77 bits per heavy atom. The lowest BCUT2D eigenvalue weighted by Crippen LogP contribution is -2.17.